The molecule has 1 heterocycles. The molecule has 0 fully saturated rings. The van der Waals surface area contributed by atoms with Crippen LogP contribution in [0.4, 0.5) is 5.82 Å². The van der Waals surface area contributed by atoms with Gasteiger partial charge in [-0.25, -0.2) is 4.98 Å². The first-order valence-corrected chi connectivity index (χ1v) is 5.93. The van der Waals surface area contributed by atoms with Gasteiger partial charge in [0.25, 0.3) is 0 Å². The van der Waals surface area contributed by atoms with E-state index in [1.54, 1.807) is 6.20 Å². The summed E-state index contributed by atoms with van der Waals surface area (Å²) in [5.41, 5.74) is 12.1. The van der Waals surface area contributed by atoms with Crippen LogP contribution in [0.1, 0.15) is 22.7 Å². The fourth-order valence-electron chi connectivity index (χ4n) is 2.06. The molecule has 0 radical (unpaired) electrons. The van der Waals surface area contributed by atoms with Gasteiger partial charge < -0.3 is 5.73 Å². The summed E-state index contributed by atoms with van der Waals surface area (Å²) in [6, 6.07) is 12.1. The van der Waals surface area contributed by atoms with Gasteiger partial charge in [-0.15, -0.1) is 0 Å². The normalized spacial score (nSPS) is 12.3. The van der Waals surface area contributed by atoms with Crippen LogP contribution in [0.15, 0.2) is 42.6 Å². The summed E-state index contributed by atoms with van der Waals surface area (Å²) < 4.78 is 0. The smallest absolute Gasteiger partial charge is 0.128 e. The molecule has 1 aromatic carbocycles. The Kier molecular flexibility index (Phi) is 3.92. The van der Waals surface area contributed by atoms with E-state index in [0.29, 0.717) is 5.82 Å². The van der Waals surface area contributed by atoms with E-state index in [-0.39, 0.29) is 6.04 Å². The number of benzene rings is 1. The van der Waals surface area contributed by atoms with Crippen molar-refractivity contribution in [3.63, 3.8) is 0 Å². The molecule has 0 aliphatic carbocycles. The molecule has 18 heavy (non-hydrogen) atoms. The number of nitrogens with one attached hydrogen (secondary N) is 1. The summed E-state index contributed by atoms with van der Waals surface area (Å²) in [6.07, 6.45) is 2.47. The van der Waals surface area contributed by atoms with Crippen molar-refractivity contribution in [1.29, 1.82) is 0 Å². The Morgan fingerprint density at radius 2 is 2.11 bits per heavy atom. The second-order valence-corrected chi connectivity index (χ2v) is 4.39. The van der Waals surface area contributed by atoms with Crippen molar-refractivity contribution in [2.45, 2.75) is 19.4 Å². The second-order valence-electron chi connectivity index (χ2n) is 4.39. The highest BCUT2D eigenvalue weighted by Gasteiger charge is 2.13. The zero-order chi connectivity index (χ0) is 13.0. The Hall–Kier alpha value is -1.91. The lowest BCUT2D eigenvalue weighted by molar-refractivity contribution is 0.552. The van der Waals surface area contributed by atoms with Gasteiger partial charge in [0, 0.05) is 11.8 Å². The summed E-state index contributed by atoms with van der Waals surface area (Å²) in [6.45, 7) is 2.08. The van der Waals surface area contributed by atoms with Crippen molar-refractivity contribution in [2.75, 3.05) is 5.73 Å². The number of hydrazine groups is 1. The van der Waals surface area contributed by atoms with Crippen LogP contribution in [0.5, 0.6) is 0 Å². The zero-order valence-corrected chi connectivity index (χ0v) is 10.4. The number of aryl methyl sites for hydroxylation is 1. The largest absolute Gasteiger partial charge is 0.383 e. The van der Waals surface area contributed by atoms with Crippen molar-refractivity contribution < 1.29 is 0 Å². The van der Waals surface area contributed by atoms with Crippen LogP contribution < -0.4 is 17.0 Å². The number of nitrogen functional groups attached to an aromatic ring is 1. The average Bonchev–Trinajstić information content (AvgIpc) is 2.37. The fraction of sp³-hybridized carbons (Fsp3) is 0.214. The van der Waals surface area contributed by atoms with Crippen LogP contribution in [0.3, 0.4) is 0 Å². The maximum atomic E-state index is 5.87. The van der Waals surface area contributed by atoms with Gasteiger partial charge >= 0.3 is 0 Å². The van der Waals surface area contributed by atoms with E-state index in [0.717, 1.165) is 12.0 Å². The van der Waals surface area contributed by atoms with Crippen molar-refractivity contribution >= 4 is 5.82 Å². The lowest BCUT2D eigenvalue weighted by Gasteiger charge is -2.17. The van der Waals surface area contributed by atoms with Crippen molar-refractivity contribution in [2.24, 2.45) is 5.84 Å². The lowest BCUT2D eigenvalue weighted by Crippen LogP contribution is -2.30. The van der Waals surface area contributed by atoms with E-state index in [1.807, 2.05) is 18.2 Å². The minimum absolute atomic E-state index is 0.0273. The first kappa shape index (κ1) is 12.5. The third kappa shape index (κ3) is 2.85. The number of nitrogens with zero attached hydrogens (tertiary/aromatic N) is 1. The van der Waals surface area contributed by atoms with E-state index in [1.165, 1.54) is 11.1 Å². The molecular formula is C14H18N4. The van der Waals surface area contributed by atoms with E-state index in [4.69, 9.17) is 11.6 Å². The monoisotopic (exact) mass is 242 g/mol. The minimum Gasteiger partial charge on any atom is -0.383 e. The molecular weight excluding hydrogens is 224 g/mol. The van der Waals surface area contributed by atoms with Gasteiger partial charge in [0.15, 0.2) is 0 Å². The number of hydrogen-bond donors (Lipinski definition) is 3. The van der Waals surface area contributed by atoms with Gasteiger partial charge in [0.05, 0.1) is 6.04 Å². The molecule has 0 spiro atoms. The summed E-state index contributed by atoms with van der Waals surface area (Å²) in [5.74, 6) is 6.15. The summed E-state index contributed by atoms with van der Waals surface area (Å²) in [5, 5.41) is 0. The Morgan fingerprint density at radius 1 is 1.28 bits per heavy atom. The SMILES string of the molecule is Cc1cccc(CC(NN)c2cccnc2N)c1. The minimum atomic E-state index is -0.0273. The molecule has 2 aromatic rings. The number of anilines is 1. The molecule has 1 atom stereocenters. The maximum absolute atomic E-state index is 5.87. The number of nitrogens with two attached hydrogens (primary N) is 2. The number of pyridine rings is 1. The lowest BCUT2D eigenvalue weighted by atomic mass is 9.99. The topological polar surface area (TPSA) is 77.0 Å². The highest BCUT2D eigenvalue weighted by atomic mass is 15.2. The molecule has 1 unspecified atom stereocenters. The average molecular weight is 242 g/mol. The summed E-state index contributed by atoms with van der Waals surface area (Å²) >= 11 is 0. The summed E-state index contributed by atoms with van der Waals surface area (Å²) in [4.78, 5) is 4.09. The third-order valence-corrected chi connectivity index (χ3v) is 2.97. The predicted octanol–water partition coefficient (Wildman–Crippen LogP) is 1.72. The highest BCUT2D eigenvalue weighted by Crippen LogP contribution is 2.21. The molecule has 1 aromatic heterocycles. The van der Waals surface area contributed by atoms with Gasteiger partial charge in [-0.3, -0.25) is 11.3 Å². The first-order valence-electron chi connectivity index (χ1n) is 5.93. The number of rotatable bonds is 4. The van der Waals surface area contributed by atoms with E-state index in [2.05, 4.69) is 35.5 Å². The molecule has 0 amide bonds. The molecule has 0 aliphatic heterocycles. The Morgan fingerprint density at radius 3 is 2.78 bits per heavy atom. The Balaban J connectivity index is 2.23. The predicted molar refractivity (Wildman–Crippen MR) is 73.6 cm³/mol. The van der Waals surface area contributed by atoms with E-state index >= 15 is 0 Å². The fourth-order valence-corrected chi connectivity index (χ4v) is 2.06. The van der Waals surface area contributed by atoms with Gasteiger partial charge in [-0.2, -0.15) is 0 Å². The van der Waals surface area contributed by atoms with Crippen LogP contribution in [0.25, 0.3) is 0 Å². The Labute approximate surface area is 107 Å². The zero-order valence-electron chi connectivity index (χ0n) is 10.4. The Bertz CT molecular complexity index is 525. The first-order chi connectivity index (χ1) is 8.70. The molecule has 4 heteroatoms. The van der Waals surface area contributed by atoms with Crippen molar-refractivity contribution in [3.8, 4) is 0 Å². The van der Waals surface area contributed by atoms with Gasteiger partial charge in [-0.1, -0.05) is 35.9 Å². The number of aromatic nitrogens is 1. The maximum Gasteiger partial charge on any atom is 0.128 e. The third-order valence-electron chi connectivity index (χ3n) is 2.97. The van der Waals surface area contributed by atoms with Gasteiger partial charge in [-0.05, 0) is 25.0 Å². The van der Waals surface area contributed by atoms with Crippen LogP contribution >= 0.6 is 0 Å². The molecule has 0 saturated carbocycles. The molecule has 0 bridgehead atoms. The van der Waals surface area contributed by atoms with Crippen LogP contribution in [0, 0.1) is 6.92 Å². The van der Waals surface area contributed by atoms with Crippen molar-refractivity contribution in [1.82, 2.24) is 10.4 Å². The molecule has 5 N–H and O–H groups in total. The second kappa shape index (κ2) is 5.62. The van der Waals surface area contributed by atoms with E-state index < -0.39 is 0 Å². The molecule has 2 rings (SSSR count). The van der Waals surface area contributed by atoms with Crippen LogP contribution in [-0.4, -0.2) is 4.98 Å². The van der Waals surface area contributed by atoms with Gasteiger partial charge in [0.1, 0.15) is 5.82 Å². The number of hydrogen-bond acceptors (Lipinski definition) is 4. The molecule has 0 aliphatic rings. The molecule has 4 nitrogen and oxygen atoms in total. The highest BCUT2D eigenvalue weighted by molar-refractivity contribution is 5.41. The standard InChI is InChI=1S/C14H18N4/c1-10-4-2-5-11(8-10)9-13(18-16)12-6-3-7-17-14(12)15/h2-8,13,18H,9,16H2,1H3,(H2,15,17). The quantitative estimate of drug-likeness (QED) is 0.563. The van der Waals surface area contributed by atoms with Crippen LogP contribution in [0.2, 0.25) is 0 Å². The summed E-state index contributed by atoms with van der Waals surface area (Å²) in [7, 11) is 0. The molecule has 0 saturated heterocycles. The van der Waals surface area contributed by atoms with Crippen LogP contribution in [-0.2, 0) is 6.42 Å². The molecule has 94 valence electrons. The van der Waals surface area contributed by atoms with Gasteiger partial charge in [0.2, 0.25) is 0 Å². The van der Waals surface area contributed by atoms with Crippen molar-refractivity contribution in [3.05, 3.63) is 59.3 Å². The van der Waals surface area contributed by atoms with E-state index in [9.17, 15) is 0 Å².